The van der Waals surface area contributed by atoms with Gasteiger partial charge < -0.3 is 10.1 Å². The molecule has 1 aromatic rings. The van der Waals surface area contributed by atoms with E-state index < -0.39 is 5.97 Å². The molecule has 0 heterocycles. The maximum atomic E-state index is 11.5. The highest BCUT2D eigenvalue weighted by molar-refractivity contribution is 6.00. The molecular formula is C11H12NO3. The molecule has 0 bridgehead atoms. The lowest BCUT2D eigenvalue weighted by atomic mass is 10.2. The predicted octanol–water partition coefficient (Wildman–Crippen LogP) is 1.62. The first-order chi connectivity index (χ1) is 7.15. The summed E-state index contributed by atoms with van der Waals surface area (Å²) in [7, 11) is 0. The lowest BCUT2D eigenvalue weighted by molar-refractivity contribution is -0.114. The summed E-state index contributed by atoms with van der Waals surface area (Å²) in [6.45, 7) is 3.40. The van der Waals surface area contributed by atoms with Crippen molar-refractivity contribution in [3.8, 4) is 0 Å². The SMILES string of the molecule is CCOC(=O)c1c[c]ccc1NC(C)=O. The van der Waals surface area contributed by atoms with Crippen LogP contribution < -0.4 is 5.32 Å². The van der Waals surface area contributed by atoms with Crippen LogP contribution in [-0.4, -0.2) is 18.5 Å². The van der Waals surface area contributed by atoms with E-state index >= 15 is 0 Å². The Hall–Kier alpha value is -1.84. The number of carbonyl (C=O) groups is 2. The lowest BCUT2D eigenvalue weighted by Crippen LogP contribution is -2.12. The molecule has 79 valence electrons. The fourth-order valence-corrected chi connectivity index (χ4v) is 1.11. The molecule has 0 spiro atoms. The van der Waals surface area contributed by atoms with E-state index in [-0.39, 0.29) is 5.91 Å². The Morgan fingerprint density at radius 1 is 1.53 bits per heavy atom. The van der Waals surface area contributed by atoms with E-state index in [2.05, 4.69) is 11.4 Å². The van der Waals surface area contributed by atoms with Crippen LogP contribution in [0.25, 0.3) is 0 Å². The molecule has 0 aromatic heterocycles. The normalized spacial score (nSPS) is 9.47. The third kappa shape index (κ3) is 3.09. The van der Waals surface area contributed by atoms with Crippen molar-refractivity contribution in [2.24, 2.45) is 0 Å². The van der Waals surface area contributed by atoms with E-state index in [1.807, 2.05) is 0 Å². The zero-order valence-corrected chi connectivity index (χ0v) is 8.66. The monoisotopic (exact) mass is 206 g/mol. The van der Waals surface area contributed by atoms with Crippen molar-refractivity contribution < 1.29 is 14.3 Å². The Balaban J connectivity index is 2.95. The standard InChI is InChI=1S/C11H12NO3/c1-3-15-11(14)9-6-4-5-7-10(9)12-8(2)13/h5-7H,3H2,1-2H3,(H,12,13). The number of anilines is 1. The quantitative estimate of drug-likeness (QED) is 0.764. The van der Waals surface area contributed by atoms with E-state index in [0.717, 1.165) is 0 Å². The van der Waals surface area contributed by atoms with Crippen molar-refractivity contribution >= 4 is 17.6 Å². The van der Waals surface area contributed by atoms with Crippen LogP contribution in [0.4, 0.5) is 5.69 Å². The van der Waals surface area contributed by atoms with Crippen LogP contribution >= 0.6 is 0 Å². The van der Waals surface area contributed by atoms with E-state index in [9.17, 15) is 9.59 Å². The highest BCUT2D eigenvalue weighted by Crippen LogP contribution is 2.15. The summed E-state index contributed by atoms with van der Waals surface area (Å²) in [5, 5.41) is 2.55. The fraction of sp³-hybridized carbons (Fsp3) is 0.273. The zero-order chi connectivity index (χ0) is 11.3. The predicted molar refractivity (Wildman–Crippen MR) is 55.5 cm³/mol. The molecule has 1 radical (unpaired) electrons. The first kappa shape index (κ1) is 11.2. The Morgan fingerprint density at radius 3 is 2.87 bits per heavy atom. The van der Waals surface area contributed by atoms with Gasteiger partial charge in [0.1, 0.15) is 0 Å². The van der Waals surface area contributed by atoms with Gasteiger partial charge in [0.05, 0.1) is 17.9 Å². The van der Waals surface area contributed by atoms with E-state index in [1.54, 1.807) is 19.1 Å². The van der Waals surface area contributed by atoms with E-state index in [4.69, 9.17) is 4.74 Å². The minimum absolute atomic E-state index is 0.230. The number of nitrogens with one attached hydrogen (secondary N) is 1. The molecule has 1 amide bonds. The molecule has 4 nitrogen and oxygen atoms in total. The summed E-state index contributed by atoms with van der Waals surface area (Å²) in [6.07, 6.45) is 0. The van der Waals surface area contributed by atoms with Crippen LogP contribution in [-0.2, 0) is 9.53 Å². The molecule has 0 aliphatic rings. The number of carbonyl (C=O) groups excluding carboxylic acids is 2. The molecule has 0 aliphatic carbocycles. The number of rotatable bonds is 3. The summed E-state index contributed by atoms with van der Waals surface area (Å²) in [5.41, 5.74) is 0.759. The van der Waals surface area contributed by atoms with Crippen molar-refractivity contribution in [2.45, 2.75) is 13.8 Å². The highest BCUT2D eigenvalue weighted by atomic mass is 16.5. The van der Waals surface area contributed by atoms with Crippen LogP contribution in [0.3, 0.4) is 0 Å². The molecule has 0 unspecified atom stereocenters. The maximum absolute atomic E-state index is 11.5. The first-order valence-corrected chi connectivity index (χ1v) is 4.60. The minimum atomic E-state index is -0.460. The van der Waals surface area contributed by atoms with Gasteiger partial charge in [-0.2, -0.15) is 0 Å². The second-order valence-electron chi connectivity index (χ2n) is 2.87. The smallest absolute Gasteiger partial charge is 0.340 e. The number of esters is 1. The van der Waals surface area contributed by atoms with Gasteiger partial charge in [0.2, 0.25) is 5.91 Å². The first-order valence-electron chi connectivity index (χ1n) is 4.60. The minimum Gasteiger partial charge on any atom is -0.462 e. The van der Waals surface area contributed by atoms with Crippen molar-refractivity contribution in [1.29, 1.82) is 0 Å². The summed E-state index contributed by atoms with van der Waals surface area (Å²) >= 11 is 0. The van der Waals surface area contributed by atoms with Crippen molar-refractivity contribution in [2.75, 3.05) is 11.9 Å². The molecule has 0 atom stereocenters. The van der Waals surface area contributed by atoms with Crippen molar-refractivity contribution in [1.82, 2.24) is 0 Å². The van der Waals surface area contributed by atoms with Crippen LogP contribution in [0.5, 0.6) is 0 Å². The van der Waals surface area contributed by atoms with Crippen LogP contribution in [0.1, 0.15) is 24.2 Å². The van der Waals surface area contributed by atoms with Gasteiger partial charge in [-0.25, -0.2) is 4.79 Å². The number of hydrogen-bond acceptors (Lipinski definition) is 3. The number of ether oxygens (including phenoxy) is 1. The molecule has 1 N–H and O–H groups in total. The molecule has 0 aliphatic heterocycles. The van der Waals surface area contributed by atoms with Crippen molar-refractivity contribution in [3.05, 3.63) is 29.8 Å². The van der Waals surface area contributed by atoms with Crippen LogP contribution in [0.15, 0.2) is 18.2 Å². The van der Waals surface area contributed by atoms with Crippen LogP contribution in [0.2, 0.25) is 0 Å². The van der Waals surface area contributed by atoms with Gasteiger partial charge >= 0.3 is 5.97 Å². The van der Waals surface area contributed by atoms with Gasteiger partial charge in [0, 0.05) is 6.92 Å². The van der Waals surface area contributed by atoms with E-state index in [1.165, 1.54) is 13.0 Å². The Morgan fingerprint density at radius 2 is 2.27 bits per heavy atom. The highest BCUT2D eigenvalue weighted by Gasteiger charge is 2.12. The maximum Gasteiger partial charge on any atom is 0.340 e. The Labute approximate surface area is 88.2 Å². The topological polar surface area (TPSA) is 55.4 Å². The molecule has 0 saturated carbocycles. The van der Waals surface area contributed by atoms with Gasteiger partial charge in [-0.1, -0.05) is 6.07 Å². The van der Waals surface area contributed by atoms with Crippen LogP contribution in [0, 0.1) is 6.07 Å². The largest absolute Gasteiger partial charge is 0.462 e. The average molecular weight is 206 g/mol. The number of hydrogen-bond donors (Lipinski definition) is 1. The lowest BCUT2D eigenvalue weighted by Gasteiger charge is -2.08. The molecule has 15 heavy (non-hydrogen) atoms. The molecular weight excluding hydrogens is 194 g/mol. The third-order valence-corrected chi connectivity index (χ3v) is 1.67. The Kier molecular flexibility index (Phi) is 3.85. The summed E-state index contributed by atoms with van der Waals surface area (Å²) in [4.78, 5) is 22.3. The van der Waals surface area contributed by atoms with Gasteiger partial charge in [0.15, 0.2) is 0 Å². The molecule has 1 rings (SSSR count). The summed E-state index contributed by atoms with van der Waals surface area (Å²) in [6, 6.07) is 7.48. The zero-order valence-electron chi connectivity index (χ0n) is 8.66. The fourth-order valence-electron chi connectivity index (χ4n) is 1.11. The number of benzene rings is 1. The van der Waals surface area contributed by atoms with Crippen molar-refractivity contribution in [3.63, 3.8) is 0 Å². The van der Waals surface area contributed by atoms with Gasteiger partial charge in [-0.05, 0) is 25.1 Å². The van der Waals surface area contributed by atoms with Gasteiger partial charge in [0.25, 0.3) is 0 Å². The third-order valence-electron chi connectivity index (χ3n) is 1.67. The van der Waals surface area contributed by atoms with E-state index in [0.29, 0.717) is 17.9 Å². The second kappa shape index (κ2) is 5.14. The summed E-state index contributed by atoms with van der Waals surface area (Å²) in [5.74, 6) is -0.690. The van der Waals surface area contributed by atoms with Gasteiger partial charge in [-0.15, -0.1) is 0 Å². The molecule has 0 saturated heterocycles. The Bertz CT molecular complexity index is 374. The number of amides is 1. The average Bonchev–Trinajstić information content (AvgIpc) is 2.18. The molecule has 4 heteroatoms. The molecule has 1 aromatic carbocycles. The summed E-state index contributed by atoms with van der Waals surface area (Å²) < 4.78 is 4.84. The molecule has 0 fully saturated rings. The van der Waals surface area contributed by atoms with Gasteiger partial charge in [-0.3, -0.25) is 4.79 Å². The second-order valence-corrected chi connectivity index (χ2v) is 2.87.